The minimum absolute atomic E-state index is 0.0160. The Morgan fingerprint density at radius 1 is 1.52 bits per heavy atom. The Morgan fingerprint density at radius 2 is 2.26 bits per heavy atom. The van der Waals surface area contributed by atoms with Crippen LogP contribution in [0.2, 0.25) is 0 Å². The number of hydrogen-bond acceptors (Lipinski definition) is 7. The molecule has 0 aliphatic carbocycles. The van der Waals surface area contributed by atoms with Gasteiger partial charge >= 0.3 is 5.97 Å². The van der Waals surface area contributed by atoms with E-state index in [1.165, 1.54) is 13.2 Å². The number of aromatic nitrogens is 1. The van der Waals surface area contributed by atoms with Crippen LogP contribution in [0, 0.1) is 0 Å². The zero-order valence-corrected chi connectivity index (χ0v) is 14.6. The smallest absolute Gasteiger partial charge is 0.320 e. The molecule has 0 saturated heterocycles. The van der Waals surface area contributed by atoms with Gasteiger partial charge in [-0.2, -0.15) is 0 Å². The first-order valence-electron chi connectivity index (χ1n) is 6.59. The fourth-order valence-electron chi connectivity index (χ4n) is 1.36. The fourth-order valence-corrected chi connectivity index (χ4v) is 1.84. The number of halogens is 1. The predicted octanol–water partition coefficient (Wildman–Crippen LogP) is -0.577. The lowest BCUT2D eigenvalue weighted by atomic mass is 10.4. The summed E-state index contributed by atoms with van der Waals surface area (Å²) in [6.45, 7) is 0.863. The van der Waals surface area contributed by atoms with Crippen LogP contribution < -0.4 is 21.5 Å². The van der Waals surface area contributed by atoms with Crippen LogP contribution in [-0.2, 0) is 9.53 Å². The SMILES string of the molecule is COC(=O)C(I)CNC(=O)c1cc(OCCCN=C(N)N)no1. The number of nitrogens with two attached hydrogens (primary N) is 2. The van der Waals surface area contributed by atoms with E-state index in [0.717, 1.165) is 0 Å². The normalized spacial score (nSPS) is 11.4. The van der Waals surface area contributed by atoms with Gasteiger partial charge in [0.25, 0.3) is 11.8 Å². The van der Waals surface area contributed by atoms with Crippen LogP contribution in [0.3, 0.4) is 0 Å². The van der Waals surface area contributed by atoms with Gasteiger partial charge in [0.2, 0.25) is 5.76 Å². The molecular weight excluding hydrogens is 421 g/mol. The molecule has 0 spiro atoms. The molecule has 0 aromatic carbocycles. The van der Waals surface area contributed by atoms with E-state index in [1.54, 1.807) is 0 Å². The van der Waals surface area contributed by atoms with Crippen molar-refractivity contribution in [2.75, 3.05) is 26.8 Å². The van der Waals surface area contributed by atoms with Crippen molar-refractivity contribution in [2.45, 2.75) is 10.3 Å². The predicted molar refractivity (Wildman–Crippen MR) is 89.4 cm³/mol. The van der Waals surface area contributed by atoms with Crippen LogP contribution in [0.15, 0.2) is 15.6 Å². The highest BCUT2D eigenvalue weighted by Gasteiger charge is 2.19. The van der Waals surface area contributed by atoms with Gasteiger partial charge in [-0.25, -0.2) is 0 Å². The minimum Gasteiger partial charge on any atom is -0.475 e. The summed E-state index contributed by atoms with van der Waals surface area (Å²) in [5, 5.41) is 6.15. The van der Waals surface area contributed by atoms with Gasteiger partial charge in [0.15, 0.2) is 5.96 Å². The van der Waals surface area contributed by atoms with Crippen LogP contribution in [0.1, 0.15) is 17.0 Å². The summed E-state index contributed by atoms with van der Waals surface area (Å²) < 4.78 is 14.2. The largest absolute Gasteiger partial charge is 0.475 e. The molecule has 10 nitrogen and oxygen atoms in total. The van der Waals surface area contributed by atoms with Crippen molar-refractivity contribution in [1.29, 1.82) is 0 Å². The lowest BCUT2D eigenvalue weighted by Gasteiger charge is -2.07. The van der Waals surface area contributed by atoms with Gasteiger partial charge in [-0.1, -0.05) is 22.6 Å². The van der Waals surface area contributed by atoms with Gasteiger partial charge in [-0.05, 0) is 5.16 Å². The summed E-state index contributed by atoms with van der Waals surface area (Å²) in [5.41, 5.74) is 10.4. The summed E-state index contributed by atoms with van der Waals surface area (Å²) in [6.07, 6.45) is 0.585. The van der Waals surface area contributed by atoms with E-state index in [0.29, 0.717) is 19.6 Å². The summed E-state index contributed by atoms with van der Waals surface area (Å²) >= 11 is 1.87. The van der Waals surface area contributed by atoms with E-state index in [4.69, 9.17) is 20.7 Å². The third-order valence-corrected chi connectivity index (χ3v) is 3.41. The summed E-state index contributed by atoms with van der Waals surface area (Å²) in [4.78, 5) is 26.8. The molecule has 128 valence electrons. The summed E-state index contributed by atoms with van der Waals surface area (Å²) in [7, 11) is 1.28. The maximum absolute atomic E-state index is 11.8. The maximum atomic E-state index is 11.8. The number of alkyl halides is 1. The second-order valence-corrected chi connectivity index (χ2v) is 5.74. The van der Waals surface area contributed by atoms with Gasteiger partial charge in [0.1, 0.15) is 3.92 Å². The Balaban J connectivity index is 2.36. The summed E-state index contributed by atoms with van der Waals surface area (Å²) in [6, 6.07) is 1.36. The number of guanidine groups is 1. The molecule has 23 heavy (non-hydrogen) atoms. The highest BCUT2D eigenvalue weighted by atomic mass is 127. The number of ether oxygens (including phenoxy) is 2. The third kappa shape index (κ3) is 7.17. The first-order chi connectivity index (χ1) is 10.9. The molecule has 1 aromatic heterocycles. The fraction of sp³-hybridized carbons (Fsp3) is 0.500. The number of amides is 1. The zero-order valence-electron chi connectivity index (χ0n) is 12.5. The number of nitrogens with one attached hydrogen (secondary N) is 1. The molecule has 0 bridgehead atoms. The van der Waals surface area contributed by atoms with Crippen molar-refractivity contribution in [3.05, 3.63) is 11.8 Å². The van der Waals surface area contributed by atoms with Crippen LogP contribution in [-0.4, -0.2) is 53.7 Å². The van der Waals surface area contributed by atoms with Gasteiger partial charge in [0, 0.05) is 19.5 Å². The lowest BCUT2D eigenvalue weighted by molar-refractivity contribution is -0.139. The standard InChI is InChI=1S/C12H18IN5O5/c1-21-11(20)7(13)6-17-10(19)8-5-9(18-23-8)22-4-2-3-16-12(14)15/h5,7H,2-4,6H2,1H3,(H,17,19)(H4,14,15,16). The van der Waals surface area contributed by atoms with E-state index < -0.39 is 15.8 Å². The first-order valence-corrected chi connectivity index (χ1v) is 7.83. The van der Waals surface area contributed by atoms with Crippen LogP contribution in [0.4, 0.5) is 0 Å². The highest BCUT2D eigenvalue weighted by Crippen LogP contribution is 2.12. The Bertz CT molecular complexity index is 558. The number of carbonyl (C=O) groups is 2. The van der Waals surface area contributed by atoms with Crippen molar-refractivity contribution < 1.29 is 23.6 Å². The molecule has 1 heterocycles. The molecule has 1 aromatic rings. The molecule has 0 radical (unpaired) electrons. The van der Waals surface area contributed by atoms with Gasteiger partial charge in [-0.15, -0.1) is 0 Å². The molecule has 11 heteroatoms. The number of esters is 1. The number of rotatable bonds is 9. The molecule has 0 aliphatic rings. The van der Waals surface area contributed by atoms with Crippen molar-refractivity contribution in [2.24, 2.45) is 16.5 Å². The highest BCUT2D eigenvalue weighted by molar-refractivity contribution is 14.1. The topological polar surface area (TPSA) is 155 Å². The van der Waals surface area contributed by atoms with Gasteiger partial charge in [-0.3, -0.25) is 14.6 Å². The van der Waals surface area contributed by atoms with Crippen molar-refractivity contribution in [3.63, 3.8) is 0 Å². The Kier molecular flexibility index (Phi) is 8.15. The Morgan fingerprint density at radius 3 is 2.91 bits per heavy atom. The number of methoxy groups -OCH3 is 1. The van der Waals surface area contributed by atoms with Gasteiger partial charge < -0.3 is 30.8 Å². The lowest BCUT2D eigenvalue weighted by Crippen LogP contribution is -2.33. The van der Waals surface area contributed by atoms with E-state index in [2.05, 4.69) is 20.2 Å². The number of nitrogens with zero attached hydrogens (tertiary/aromatic N) is 2. The first kappa shape index (κ1) is 19.0. The average Bonchev–Trinajstić information content (AvgIpc) is 2.99. The minimum atomic E-state index is -0.501. The molecule has 0 saturated carbocycles. The third-order valence-electron chi connectivity index (χ3n) is 2.46. The monoisotopic (exact) mass is 439 g/mol. The van der Waals surface area contributed by atoms with Crippen molar-refractivity contribution >= 4 is 40.4 Å². The number of carbonyl (C=O) groups excluding carboxylic acids is 2. The molecule has 1 rings (SSSR count). The van der Waals surface area contributed by atoms with Crippen LogP contribution in [0.5, 0.6) is 5.88 Å². The van der Waals surface area contributed by atoms with Gasteiger partial charge in [0.05, 0.1) is 19.8 Å². The number of hydrogen-bond donors (Lipinski definition) is 3. The van der Waals surface area contributed by atoms with E-state index in [1.807, 2.05) is 22.6 Å². The molecule has 0 aliphatic heterocycles. The van der Waals surface area contributed by atoms with Crippen molar-refractivity contribution in [3.8, 4) is 5.88 Å². The molecular formula is C12H18IN5O5. The average molecular weight is 439 g/mol. The van der Waals surface area contributed by atoms with E-state index in [9.17, 15) is 9.59 Å². The van der Waals surface area contributed by atoms with Crippen LogP contribution in [0.25, 0.3) is 0 Å². The molecule has 0 fully saturated rings. The van der Waals surface area contributed by atoms with E-state index >= 15 is 0 Å². The second-order valence-electron chi connectivity index (χ2n) is 4.24. The molecule has 1 atom stereocenters. The quantitative estimate of drug-likeness (QED) is 0.115. The van der Waals surface area contributed by atoms with Crippen LogP contribution >= 0.6 is 22.6 Å². The number of aliphatic imine (C=N–C) groups is 1. The summed E-state index contributed by atoms with van der Waals surface area (Å²) in [5.74, 6) is -0.742. The van der Waals surface area contributed by atoms with E-state index in [-0.39, 0.29) is 24.1 Å². The Hall–Kier alpha value is -2.05. The molecule has 1 unspecified atom stereocenters. The maximum Gasteiger partial charge on any atom is 0.320 e. The molecule has 5 N–H and O–H groups in total. The van der Waals surface area contributed by atoms with Crippen molar-refractivity contribution in [1.82, 2.24) is 10.5 Å². The second kappa shape index (κ2) is 9.86. The zero-order chi connectivity index (χ0) is 17.2. The Labute approximate surface area is 146 Å². The molecule has 1 amide bonds.